The van der Waals surface area contributed by atoms with Gasteiger partial charge >= 0.3 is 0 Å². The molecular formula is C15H15N3O3S2. The Bertz CT molecular complexity index is 818. The molecule has 120 valence electrons. The fraction of sp³-hybridized carbons (Fsp3) is 0.200. The molecule has 1 amide bonds. The number of hydrogen-bond acceptors (Lipinski definition) is 5. The number of allylic oxidation sites excluding steroid dienone is 5. The monoisotopic (exact) mass is 349 g/mol. The van der Waals surface area contributed by atoms with E-state index in [2.05, 4.69) is 10.3 Å². The van der Waals surface area contributed by atoms with Crippen molar-refractivity contribution in [1.29, 1.82) is 0 Å². The maximum Gasteiger partial charge on any atom is 0.278 e. The lowest BCUT2D eigenvalue weighted by Crippen LogP contribution is -2.34. The van der Waals surface area contributed by atoms with Gasteiger partial charge in [0.1, 0.15) is 11.0 Å². The van der Waals surface area contributed by atoms with Crippen molar-refractivity contribution in [3.8, 4) is 0 Å². The van der Waals surface area contributed by atoms with Crippen molar-refractivity contribution in [3.63, 3.8) is 0 Å². The number of nitrogens with one attached hydrogen (secondary N) is 1. The van der Waals surface area contributed by atoms with Crippen LogP contribution in [0, 0.1) is 6.92 Å². The van der Waals surface area contributed by atoms with Crippen LogP contribution in [0.5, 0.6) is 0 Å². The van der Waals surface area contributed by atoms with E-state index in [9.17, 15) is 14.1 Å². The van der Waals surface area contributed by atoms with Crippen LogP contribution in [-0.4, -0.2) is 31.6 Å². The van der Waals surface area contributed by atoms with Gasteiger partial charge in [0, 0.05) is 30.1 Å². The minimum Gasteiger partial charge on any atom is -0.505 e. The third kappa shape index (κ3) is 2.87. The van der Waals surface area contributed by atoms with Gasteiger partial charge in [-0.25, -0.2) is 9.19 Å². The Kier molecular flexibility index (Phi) is 4.18. The summed E-state index contributed by atoms with van der Waals surface area (Å²) >= 11 is 1.33. The summed E-state index contributed by atoms with van der Waals surface area (Å²) < 4.78 is 13.9. The van der Waals surface area contributed by atoms with Crippen LogP contribution in [0.4, 0.5) is 5.13 Å². The van der Waals surface area contributed by atoms with E-state index in [1.807, 2.05) is 19.1 Å². The number of aromatic nitrogens is 1. The van der Waals surface area contributed by atoms with Crippen LogP contribution in [0.3, 0.4) is 0 Å². The standard InChI is InChI=1S/C15H15N3O3S2/c1-9-8-16-15(22-9)17-14(20)12-13(19)10-6-4-3-5-7-11(10)23(21)18(12)2/h3-6,8,19H,7H2,1-2H3,(H,16,17,20). The van der Waals surface area contributed by atoms with E-state index in [1.54, 1.807) is 18.3 Å². The molecule has 2 heterocycles. The van der Waals surface area contributed by atoms with E-state index < -0.39 is 16.9 Å². The first-order valence-corrected chi connectivity index (χ1v) is 8.80. The molecule has 23 heavy (non-hydrogen) atoms. The van der Waals surface area contributed by atoms with Gasteiger partial charge in [-0.3, -0.25) is 14.4 Å². The summed E-state index contributed by atoms with van der Waals surface area (Å²) in [5, 5.41) is 13.6. The largest absolute Gasteiger partial charge is 0.505 e. The SMILES string of the molecule is Cc1cnc(NC(=O)C2=C(O)C3=C(CC=CC=C3)S(=O)N2C)s1. The average molecular weight is 349 g/mol. The van der Waals surface area contributed by atoms with Crippen molar-refractivity contribution in [3.05, 3.63) is 57.3 Å². The summed E-state index contributed by atoms with van der Waals surface area (Å²) in [6.07, 6.45) is 9.21. The Morgan fingerprint density at radius 2 is 2.26 bits per heavy atom. The molecule has 2 N–H and O–H groups in total. The minimum absolute atomic E-state index is 0.0264. The Morgan fingerprint density at radius 1 is 1.48 bits per heavy atom. The Labute approximate surface area is 140 Å². The maximum atomic E-state index is 12.6. The highest BCUT2D eigenvalue weighted by Gasteiger charge is 2.33. The van der Waals surface area contributed by atoms with Gasteiger partial charge in [-0.05, 0) is 6.92 Å². The lowest BCUT2D eigenvalue weighted by Gasteiger charge is -2.28. The Balaban J connectivity index is 1.99. The second kappa shape index (κ2) is 6.13. The number of likely N-dealkylation sites (N-methyl/N-ethyl adjacent to an activating group) is 1. The summed E-state index contributed by atoms with van der Waals surface area (Å²) in [6.45, 7) is 1.88. The summed E-state index contributed by atoms with van der Waals surface area (Å²) in [5.41, 5.74) is 0.411. The molecule has 0 saturated carbocycles. The van der Waals surface area contributed by atoms with E-state index in [0.29, 0.717) is 22.0 Å². The third-order valence-corrected chi connectivity index (χ3v) is 5.74. The molecular weight excluding hydrogens is 334 g/mol. The predicted molar refractivity (Wildman–Crippen MR) is 91.0 cm³/mol. The van der Waals surface area contributed by atoms with E-state index in [-0.39, 0.29) is 11.5 Å². The number of amides is 1. The second-order valence-corrected chi connectivity index (χ2v) is 7.78. The summed E-state index contributed by atoms with van der Waals surface area (Å²) in [6, 6.07) is 0. The first kappa shape index (κ1) is 15.7. The van der Waals surface area contributed by atoms with Gasteiger partial charge in [-0.2, -0.15) is 0 Å². The van der Waals surface area contributed by atoms with Crippen molar-refractivity contribution < 1.29 is 14.1 Å². The number of aliphatic hydroxyl groups is 1. The maximum absolute atomic E-state index is 12.6. The molecule has 0 bridgehead atoms. The fourth-order valence-corrected chi connectivity index (χ4v) is 4.25. The fourth-order valence-electron chi connectivity index (χ4n) is 2.33. The number of thiazole rings is 1. The Hall–Kier alpha value is -2.19. The second-order valence-electron chi connectivity index (χ2n) is 5.00. The molecule has 0 aromatic carbocycles. The number of aliphatic hydroxyl groups excluding tert-OH is 1. The molecule has 8 heteroatoms. The normalized spacial score (nSPS) is 20.6. The summed E-state index contributed by atoms with van der Waals surface area (Å²) in [5.74, 6) is -0.710. The summed E-state index contributed by atoms with van der Waals surface area (Å²) in [7, 11) is 0.00229. The van der Waals surface area contributed by atoms with Gasteiger partial charge in [-0.1, -0.05) is 24.3 Å². The molecule has 1 aromatic rings. The third-order valence-electron chi connectivity index (χ3n) is 3.42. The van der Waals surface area contributed by atoms with Gasteiger partial charge in [0.15, 0.2) is 16.6 Å². The van der Waals surface area contributed by atoms with Gasteiger partial charge in [0.05, 0.1) is 4.91 Å². The van der Waals surface area contributed by atoms with Crippen LogP contribution in [0.2, 0.25) is 0 Å². The van der Waals surface area contributed by atoms with Gasteiger partial charge in [0.25, 0.3) is 5.91 Å². The van der Waals surface area contributed by atoms with E-state index in [0.717, 1.165) is 4.88 Å². The van der Waals surface area contributed by atoms with E-state index in [4.69, 9.17) is 0 Å². The van der Waals surface area contributed by atoms with Crippen molar-refractivity contribution in [2.45, 2.75) is 13.3 Å². The van der Waals surface area contributed by atoms with Crippen LogP contribution >= 0.6 is 11.3 Å². The zero-order valence-electron chi connectivity index (χ0n) is 12.6. The van der Waals surface area contributed by atoms with E-state index in [1.165, 1.54) is 22.7 Å². The highest BCUT2D eigenvalue weighted by Crippen LogP contribution is 2.33. The molecule has 1 aromatic heterocycles. The van der Waals surface area contributed by atoms with Crippen LogP contribution in [0.25, 0.3) is 0 Å². The molecule has 6 nitrogen and oxygen atoms in total. The molecule has 1 atom stereocenters. The predicted octanol–water partition coefficient (Wildman–Crippen LogP) is 2.54. The van der Waals surface area contributed by atoms with Crippen LogP contribution in [0.15, 0.2) is 52.4 Å². The minimum atomic E-state index is -1.52. The van der Waals surface area contributed by atoms with Crippen molar-refractivity contribution >= 4 is 33.4 Å². The number of carbonyl (C=O) groups is 1. The smallest absolute Gasteiger partial charge is 0.278 e. The van der Waals surface area contributed by atoms with Crippen molar-refractivity contribution in [1.82, 2.24) is 9.29 Å². The highest BCUT2D eigenvalue weighted by molar-refractivity contribution is 7.87. The first-order valence-electron chi connectivity index (χ1n) is 6.88. The first-order chi connectivity index (χ1) is 11.0. The van der Waals surface area contributed by atoms with Crippen molar-refractivity contribution in [2.24, 2.45) is 0 Å². The van der Waals surface area contributed by atoms with Crippen LogP contribution < -0.4 is 5.32 Å². The molecule has 1 unspecified atom stereocenters. The van der Waals surface area contributed by atoms with E-state index >= 15 is 0 Å². The average Bonchev–Trinajstić information content (AvgIpc) is 2.76. The summed E-state index contributed by atoms with van der Waals surface area (Å²) in [4.78, 5) is 18.1. The number of nitrogens with zero attached hydrogens (tertiary/aromatic N) is 2. The van der Waals surface area contributed by atoms with Crippen LogP contribution in [-0.2, 0) is 15.8 Å². The topological polar surface area (TPSA) is 82.5 Å². The quantitative estimate of drug-likeness (QED) is 0.859. The molecule has 2 aliphatic rings. The van der Waals surface area contributed by atoms with Gasteiger partial charge in [-0.15, -0.1) is 11.3 Å². The number of carbonyl (C=O) groups excluding carboxylic acids is 1. The van der Waals surface area contributed by atoms with Crippen LogP contribution in [0.1, 0.15) is 11.3 Å². The number of hydrogen-bond donors (Lipinski definition) is 2. The zero-order valence-corrected chi connectivity index (χ0v) is 14.2. The molecule has 0 radical (unpaired) electrons. The molecule has 0 fully saturated rings. The lowest BCUT2D eigenvalue weighted by molar-refractivity contribution is -0.113. The van der Waals surface area contributed by atoms with Gasteiger partial charge in [0.2, 0.25) is 0 Å². The lowest BCUT2D eigenvalue weighted by atomic mass is 10.1. The molecule has 1 aliphatic carbocycles. The molecule has 1 aliphatic heterocycles. The molecule has 0 spiro atoms. The zero-order chi connectivity index (χ0) is 16.6. The molecule has 0 saturated heterocycles. The Morgan fingerprint density at radius 3 is 2.96 bits per heavy atom. The van der Waals surface area contributed by atoms with Gasteiger partial charge < -0.3 is 5.11 Å². The number of aryl methyl sites for hydroxylation is 1. The number of rotatable bonds is 2. The molecule has 3 rings (SSSR count). The number of anilines is 1. The highest BCUT2D eigenvalue weighted by atomic mass is 32.2. The van der Waals surface area contributed by atoms with Crippen molar-refractivity contribution in [2.75, 3.05) is 12.4 Å².